The molecule has 106 valence electrons. The number of piperidine rings is 1. The van der Waals surface area contributed by atoms with Gasteiger partial charge in [0.05, 0.1) is 0 Å². The first kappa shape index (κ1) is 14.3. The predicted molar refractivity (Wildman–Crippen MR) is 77.9 cm³/mol. The fourth-order valence-corrected chi connectivity index (χ4v) is 2.28. The number of nitrogens with one attached hydrogen (secondary N) is 1. The summed E-state index contributed by atoms with van der Waals surface area (Å²) in [6.45, 7) is 3.21. The maximum atomic E-state index is 5.90. The Hall–Kier alpha value is -1.14. The average molecular weight is 285 g/mol. The zero-order valence-electron chi connectivity index (χ0n) is 11.7. The number of nitrogens with zero attached hydrogens (tertiary/aromatic N) is 5. The molecule has 1 N–H and O–H groups in total. The summed E-state index contributed by atoms with van der Waals surface area (Å²) in [5.41, 5.74) is 0. The van der Waals surface area contributed by atoms with Crippen LogP contribution in [0.4, 0.5) is 11.9 Å². The van der Waals surface area contributed by atoms with Crippen LogP contribution in [-0.4, -0.2) is 60.6 Å². The zero-order chi connectivity index (χ0) is 13.8. The standard InChI is InChI=1S/C12H21ClN6/c1-18(2)12-16-10(13)15-11(17-12)14-8-9-4-6-19(3)7-5-9/h9H,4-8H2,1-3H3,(H,14,15,16,17). The Bertz CT molecular complexity index is 417. The molecule has 1 fully saturated rings. The van der Waals surface area contributed by atoms with Crippen LogP contribution in [0.1, 0.15) is 12.8 Å². The van der Waals surface area contributed by atoms with E-state index in [1.165, 1.54) is 12.8 Å². The molecule has 2 rings (SSSR count). The van der Waals surface area contributed by atoms with Gasteiger partial charge in [-0.3, -0.25) is 0 Å². The number of halogens is 1. The van der Waals surface area contributed by atoms with Crippen molar-refractivity contribution in [3.8, 4) is 0 Å². The topological polar surface area (TPSA) is 57.2 Å². The first-order valence-corrected chi connectivity index (χ1v) is 6.93. The van der Waals surface area contributed by atoms with Crippen molar-refractivity contribution in [2.24, 2.45) is 5.92 Å². The summed E-state index contributed by atoms with van der Waals surface area (Å²) >= 11 is 5.90. The molecule has 2 heterocycles. The summed E-state index contributed by atoms with van der Waals surface area (Å²) < 4.78 is 0. The molecule has 0 bridgehead atoms. The first-order chi connectivity index (χ1) is 9.04. The van der Waals surface area contributed by atoms with Crippen molar-refractivity contribution in [2.75, 3.05) is 51.0 Å². The number of hydrogen-bond donors (Lipinski definition) is 1. The molecule has 1 aliphatic rings. The molecule has 0 radical (unpaired) electrons. The molecule has 6 nitrogen and oxygen atoms in total. The van der Waals surface area contributed by atoms with Crippen LogP contribution in [0.15, 0.2) is 0 Å². The molecule has 0 atom stereocenters. The van der Waals surface area contributed by atoms with Crippen LogP contribution in [0.25, 0.3) is 0 Å². The summed E-state index contributed by atoms with van der Waals surface area (Å²) in [6.07, 6.45) is 2.42. The Labute approximate surface area is 119 Å². The van der Waals surface area contributed by atoms with Gasteiger partial charge >= 0.3 is 0 Å². The van der Waals surface area contributed by atoms with Crippen LogP contribution in [0, 0.1) is 5.92 Å². The monoisotopic (exact) mass is 284 g/mol. The fourth-order valence-electron chi connectivity index (χ4n) is 2.12. The van der Waals surface area contributed by atoms with E-state index in [1.807, 2.05) is 19.0 Å². The molecule has 0 aliphatic carbocycles. The Kier molecular flexibility index (Phi) is 4.76. The Morgan fingerprint density at radius 2 is 1.95 bits per heavy atom. The van der Waals surface area contributed by atoms with E-state index in [9.17, 15) is 0 Å². The van der Waals surface area contributed by atoms with Crippen LogP contribution in [0.5, 0.6) is 0 Å². The molecule has 0 aromatic carbocycles. The number of aromatic nitrogens is 3. The second-order valence-corrected chi connectivity index (χ2v) is 5.59. The molecule has 0 spiro atoms. The van der Waals surface area contributed by atoms with E-state index >= 15 is 0 Å². The van der Waals surface area contributed by atoms with Crippen molar-refractivity contribution < 1.29 is 0 Å². The lowest BCUT2D eigenvalue weighted by Gasteiger charge is -2.28. The summed E-state index contributed by atoms with van der Waals surface area (Å²) in [4.78, 5) is 16.7. The van der Waals surface area contributed by atoms with Gasteiger partial charge in [0.15, 0.2) is 0 Å². The van der Waals surface area contributed by atoms with Crippen LogP contribution in [0.2, 0.25) is 5.28 Å². The van der Waals surface area contributed by atoms with E-state index < -0.39 is 0 Å². The molecule has 0 unspecified atom stereocenters. The Morgan fingerprint density at radius 1 is 1.26 bits per heavy atom. The van der Waals surface area contributed by atoms with Gasteiger partial charge in [-0.25, -0.2) is 0 Å². The van der Waals surface area contributed by atoms with Gasteiger partial charge in [-0.2, -0.15) is 15.0 Å². The third-order valence-electron chi connectivity index (χ3n) is 3.38. The number of hydrogen-bond acceptors (Lipinski definition) is 6. The van der Waals surface area contributed by atoms with Crippen LogP contribution >= 0.6 is 11.6 Å². The van der Waals surface area contributed by atoms with Crippen molar-refractivity contribution >= 4 is 23.5 Å². The van der Waals surface area contributed by atoms with E-state index in [0.29, 0.717) is 17.8 Å². The van der Waals surface area contributed by atoms with Crippen molar-refractivity contribution in [3.05, 3.63) is 5.28 Å². The maximum Gasteiger partial charge on any atom is 0.230 e. The Morgan fingerprint density at radius 3 is 2.58 bits per heavy atom. The minimum Gasteiger partial charge on any atom is -0.354 e. The maximum absolute atomic E-state index is 5.90. The van der Waals surface area contributed by atoms with Gasteiger partial charge in [0.2, 0.25) is 17.2 Å². The summed E-state index contributed by atoms with van der Waals surface area (Å²) in [5, 5.41) is 3.50. The lowest BCUT2D eigenvalue weighted by atomic mass is 9.97. The van der Waals surface area contributed by atoms with Gasteiger partial charge in [-0.15, -0.1) is 0 Å². The highest BCUT2D eigenvalue weighted by Crippen LogP contribution is 2.17. The SMILES string of the molecule is CN1CCC(CNc2nc(Cl)nc(N(C)C)n2)CC1. The van der Waals surface area contributed by atoms with E-state index in [2.05, 4.69) is 32.2 Å². The highest BCUT2D eigenvalue weighted by molar-refractivity contribution is 6.28. The fraction of sp³-hybridized carbons (Fsp3) is 0.750. The van der Waals surface area contributed by atoms with Crippen LogP contribution < -0.4 is 10.2 Å². The number of likely N-dealkylation sites (tertiary alicyclic amines) is 1. The molecule has 1 saturated heterocycles. The van der Waals surface area contributed by atoms with Crippen molar-refractivity contribution in [1.29, 1.82) is 0 Å². The van der Waals surface area contributed by atoms with Gasteiger partial charge in [-0.05, 0) is 50.5 Å². The summed E-state index contributed by atoms with van der Waals surface area (Å²) in [6, 6.07) is 0. The highest BCUT2D eigenvalue weighted by atomic mass is 35.5. The molecule has 1 aliphatic heterocycles. The zero-order valence-corrected chi connectivity index (χ0v) is 12.5. The molecular formula is C12H21ClN6. The van der Waals surface area contributed by atoms with Gasteiger partial charge in [0.25, 0.3) is 0 Å². The second kappa shape index (κ2) is 6.34. The minimum atomic E-state index is 0.226. The van der Waals surface area contributed by atoms with Crippen molar-refractivity contribution in [3.63, 3.8) is 0 Å². The second-order valence-electron chi connectivity index (χ2n) is 5.25. The molecule has 7 heteroatoms. The van der Waals surface area contributed by atoms with E-state index in [4.69, 9.17) is 11.6 Å². The summed E-state index contributed by atoms with van der Waals surface area (Å²) in [7, 11) is 5.93. The van der Waals surface area contributed by atoms with Crippen LogP contribution in [0.3, 0.4) is 0 Å². The molecule has 19 heavy (non-hydrogen) atoms. The molecular weight excluding hydrogens is 264 g/mol. The Balaban J connectivity index is 1.92. The average Bonchev–Trinajstić information content (AvgIpc) is 2.37. The van der Waals surface area contributed by atoms with Gasteiger partial charge in [0, 0.05) is 20.6 Å². The summed E-state index contributed by atoms with van der Waals surface area (Å²) in [5.74, 6) is 1.81. The van der Waals surface area contributed by atoms with Crippen LogP contribution in [-0.2, 0) is 0 Å². The van der Waals surface area contributed by atoms with Crippen molar-refractivity contribution in [2.45, 2.75) is 12.8 Å². The third-order valence-corrected chi connectivity index (χ3v) is 3.55. The van der Waals surface area contributed by atoms with E-state index in [-0.39, 0.29) is 5.28 Å². The molecule has 0 amide bonds. The quantitative estimate of drug-likeness (QED) is 0.901. The number of anilines is 2. The van der Waals surface area contributed by atoms with E-state index in [1.54, 1.807) is 0 Å². The van der Waals surface area contributed by atoms with Crippen molar-refractivity contribution in [1.82, 2.24) is 19.9 Å². The predicted octanol–water partition coefficient (Wildman–Crippen LogP) is 1.34. The lowest BCUT2D eigenvalue weighted by molar-refractivity contribution is 0.226. The highest BCUT2D eigenvalue weighted by Gasteiger charge is 2.17. The largest absolute Gasteiger partial charge is 0.354 e. The van der Waals surface area contributed by atoms with Gasteiger partial charge in [-0.1, -0.05) is 0 Å². The van der Waals surface area contributed by atoms with Gasteiger partial charge in [0.1, 0.15) is 0 Å². The number of rotatable bonds is 4. The smallest absolute Gasteiger partial charge is 0.230 e. The minimum absolute atomic E-state index is 0.226. The molecule has 1 aromatic rings. The molecule has 0 saturated carbocycles. The van der Waals surface area contributed by atoms with Gasteiger partial charge < -0.3 is 15.1 Å². The van der Waals surface area contributed by atoms with E-state index in [0.717, 1.165) is 19.6 Å². The third kappa shape index (κ3) is 4.18. The lowest BCUT2D eigenvalue weighted by Crippen LogP contribution is -2.33. The molecule has 1 aromatic heterocycles. The normalized spacial score (nSPS) is 17.5. The first-order valence-electron chi connectivity index (χ1n) is 6.56.